The summed E-state index contributed by atoms with van der Waals surface area (Å²) in [5, 5.41) is 17.9. The second-order valence-electron chi connectivity index (χ2n) is 12.0. The topological polar surface area (TPSA) is 115 Å². The molecule has 242 valence electrons. The summed E-state index contributed by atoms with van der Waals surface area (Å²) in [6.07, 6.45) is 10.3. The predicted molar refractivity (Wildman–Crippen MR) is 180 cm³/mol. The molecule has 2 aliphatic heterocycles. The number of carbonyl (C=O) groups is 2. The van der Waals surface area contributed by atoms with E-state index in [1.807, 2.05) is 36.4 Å². The van der Waals surface area contributed by atoms with Gasteiger partial charge in [-0.1, -0.05) is 48.7 Å². The number of hydrogen-bond acceptors (Lipinski definition) is 7. The average molecular weight is 636 g/mol. The van der Waals surface area contributed by atoms with E-state index >= 15 is 0 Å². The van der Waals surface area contributed by atoms with E-state index in [4.69, 9.17) is 0 Å². The van der Waals surface area contributed by atoms with Crippen molar-refractivity contribution >= 4 is 28.9 Å². The van der Waals surface area contributed by atoms with Crippen molar-refractivity contribution in [3.8, 4) is 11.1 Å². The first kappa shape index (κ1) is 31.6. The number of aromatic nitrogens is 5. The van der Waals surface area contributed by atoms with Crippen LogP contribution in [-0.4, -0.2) is 86.6 Å². The van der Waals surface area contributed by atoms with Crippen molar-refractivity contribution in [3.63, 3.8) is 0 Å². The molecule has 0 bridgehead atoms. The molecule has 0 aliphatic carbocycles. The number of hydrogen-bond donors (Lipinski definition) is 2. The third-order valence-electron chi connectivity index (χ3n) is 8.94. The number of carbonyl (C=O) groups excluding carboxylic acids is 2. The minimum Gasteiger partial charge on any atom is -0.371 e. The number of amides is 2. The van der Waals surface area contributed by atoms with Crippen LogP contribution in [0.15, 0.2) is 92.2 Å². The third kappa shape index (κ3) is 6.50. The number of benzene rings is 2. The number of nitrogens with one attached hydrogen (secondary N) is 2. The fourth-order valence-electron chi connectivity index (χ4n) is 6.47. The van der Waals surface area contributed by atoms with Gasteiger partial charge in [0, 0.05) is 48.8 Å². The fourth-order valence-corrected chi connectivity index (χ4v) is 6.47. The number of piperidine rings is 1. The molecule has 6 rings (SSSR count). The Kier molecular flexibility index (Phi) is 9.12. The number of fused-ring (bicyclic) bond motifs is 1. The lowest BCUT2D eigenvalue weighted by Crippen LogP contribution is -2.46. The number of H-pyrrole nitrogens is 1. The van der Waals surface area contributed by atoms with Gasteiger partial charge >= 0.3 is 0 Å². The number of halogens is 1. The summed E-state index contributed by atoms with van der Waals surface area (Å²) in [7, 11) is 4.24. The molecule has 1 saturated heterocycles. The lowest BCUT2D eigenvalue weighted by molar-refractivity contribution is -0.121. The highest BCUT2D eigenvalue weighted by molar-refractivity contribution is 6.01. The maximum absolute atomic E-state index is 14.2. The molecule has 2 aliphatic rings. The maximum Gasteiger partial charge on any atom is 0.277 e. The second-order valence-corrected chi connectivity index (χ2v) is 12.0. The lowest BCUT2D eigenvalue weighted by Gasteiger charge is -2.41. The molecule has 4 heterocycles. The van der Waals surface area contributed by atoms with E-state index < -0.39 is 17.8 Å². The first-order valence-electron chi connectivity index (χ1n) is 15.6. The zero-order chi connectivity index (χ0) is 33.1. The monoisotopic (exact) mass is 635 g/mol. The van der Waals surface area contributed by atoms with Gasteiger partial charge in [-0.15, -0.1) is 5.10 Å². The summed E-state index contributed by atoms with van der Waals surface area (Å²) < 4.78 is 15.3. The second kappa shape index (κ2) is 13.6. The van der Waals surface area contributed by atoms with Crippen LogP contribution in [0.1, 0.15) is 40.5 Å². The van der Waals surface area contributed by atoms with Gasteiger partial charge in [0.15, 0.2) is 5.69 Å². The third-order valence-corrected chi connectivity index (χ3v) is 8.94. The Morgan fingerprint density at radius 1 is 1.09 bits per heavy atom. The Bertz CT molecular complexity index is 1800. The van der Waals surface area contributed by atoms with Crippen LogP contribution >= 0.6 is 0 Å². The van der Waals surface area contributed by atoms with Crippen LogP contribution in [0.4, 0.5) is 15.8 Å². The van der Waals surface area contributed by atoms with Crippen molar-refractivity contribution < 1.29 is 14.0 Å². The fraction of sp³-hybridized carbons (Fsp3) is 0.286. The van der Waals surface area contributed by atoms with Crippen LogP contribution in [0.25, 0.3) is 16.8 Å². The zero-order valence-corrected chi connectivity index (χ0v) is 26.6. The van der Waals surface area contributed by atoms with Gasteiger partial charge in [-0.05, 0) is 74.3 Å². The maximum atomic E-state index is 14.2. The Hall–Kier alpha value is -5.36. The number of aromatic amines is 1. The van der Waals surface area contributed by atoms with Gasteiger partial charge in [-0.3, -0.25) is 14.7 Å². The zero-order valence-electron chi connectivity index (χ0n) is 26.6. The summed E-state index contributed by atoms with van der Waals surface area (Å²) in [5.41, 5.74) is 5.38. The van der Waals surface area contributed by atoms with Gasteiger partial charge in [0.2, 0.25) is 0 Å². The highest BCUT2D eigenvalue weighted by Crippen LogP contribution is 2.38. The van der Waals surface area contributed by atoms with Crippen LogP contribution in [-0.2, 0) is 11.2 Å². The molecular weight excluding hydrogens is 597 g/mol. The first-order chi connectivity index (χ1) is 22.7. The quantitative estimate of drug-likeness (QED) is 0.246. The minimum absolute atomic E-state index is 0.00591. The predicted octanol–water partition coefficient (Wildman–Crippen LogP) is 5.09. The number of anilines is 2. The molecule has 2 N–H and O–H groups in total. The SMILES string of the molecule is C=CC=C(C(=C)F)n1cc(C(=O)N2CCc3c(cccc3N3CCC(N(C)C)CC3)C2C(=O)Nc2ccc(-c3cn[nH]c3)cc2)nn1. The number of nitrogens with zero attached hydrogens (tertiary/aromatic N) is 7. The van der Waals surface area contributed by atoms with E-state index in [1.54, 1.807) is 12.4 Å². The van der Waals surface area contributed by atoms with Crippen molar-refractivity contribution in [2.24, 2.45) is 0 Å². The van der Waals surface area contributed by atoms with Crippen molar-refractivity contribution in [3.05, 3.63) is 109 Å². The summed E-state index contributed by atoms with van der Waals surface area (Å²) in [5.74, 6) is -1.59. The van der Waals surface area contributed by atoms with Gasteiger partial charge in [-0.2, -0.15) is 5.10 Å². The van der Waals surface area contributed by atoms with Crippen molar-refractivity contribution in [1.29, 1.82) is 0 Å². The summed E-state index contributed by atoms with van der Waals surface area (Å²) >= 11 is 0. The van der Waals surface area contributed by atoms with Gasteiger partial charge in [0.05, 0.1) is 12.4 Å². The van der Waals surface area contributed by atoms with Gasteiger partial charge in [0.1, 0.15) is 17.6 Å². The van der Waals surface area contributed by atoms with E-state index in [9.17, 15) is 14.0 Å². The van der Waals surface area contributed by atoms with E-state index in [0.29, 0.717) is 18.2 Å². The molecule has 2 amide bonds. The molecule has 0 radical (unpaired) electrons. The Morgan fingerprint density at radius 3 is 2.51 bits per heavy atom. The van der Waals surface area contributed by atoms with Crippen molar-refractivity contribution in [2.45, 2.75) is 31.3 Å². The summed E-state index contributed by atoms with van der Waals surface area (Å²) in [6.45, 7) is 9.05. The molecule has 1 fully saturated rings. The molecule has 0 spiro atoms. The standard InChI is InChI=1S/C35H38FN9O2/c1-5-7-31(23(2)36)45-22-30(40-41-45)35(47)44-19-16-28-29(8-6-9-32(28)43-17-14-27(15-18-43)42(3)4)33(44)34(46)39-26-12-10-24(11-13-26)25-20-37-38-21-25/h5-13,20-22,27,33H,1-2,14-19H2,3-4H3,(H,37,38)(H,39,46). The minimum atomic E-state index is -0.941. The Morgan fingerprint density at radius 2 is 1.85 bits per heavy atom. The molecular formula is C35H38FN9O2. The molecule has 1 atom stereocenters. The first-order valence-corrected chi connectivity index (χ1v) is 15.6. The number of rotatable bonds is 9. The van der Waals surface area contributed by atoms with Crippen LogP contribution in [0.5, 0.6) is 0 Å². The molecule has 11 nitrogen and oxygen atoms in total. The Balaban J connectivity index is 1.33. The van der Waals surface area contributed by atoms with Crippen LogP contribution in [0.3, 0.4) is 0 Å². The summed E-state index contributed by atoms with van der Waals surface area (Å²) in [6, 6.07) is 13.0. The van der Waals surface area contributed by atoms with Crippen molar-refractivity contribution in [2.75, 3.05) is 43.9 Å². The molecule has 2 aromatic heterocycles. The Labute approximate surface area is 273 Å². The van der Waals surface area contributed by atoms with Gasteiger partial charge in [-0.25, -0.2) is 9.07 Å². The van der Waals surface area contributed by atoms with E-state index in [1.165, 1.54) is 23.2 Å². The lowest BCUT2D eigenvalue weighted by atomic mass is 9.89. The van der Waals surface area contributed by atoms with E-state index in [2.05, 4.69) is 68.9 Å². The highest BCUT2D eigenvalue weighted by Gasteiger charge is 2.39. The van der Waals surface area contributed by atoms with Crippen molar-refractivity contribution in [1.82, 2.24) is 35.0 Å². The summed E-state index contributed by atoms with van der Waals surface area (Å²) in [4.78, 5) is 34.5. The van der Waals surface area contributed by atoms with E-state index in [-0.39, 0.29) is 23.8 Å². The largest absolute Gasteiger partial charge is 0.371 e. The molecule has 4 aromatic rings. The molecule has 1 unspecified atom stereocenters. The molecule has 2 aromatic carbocycles. The number of allylic oxidation sites excluding steroid dienone is 4. The van der Waals surface area contributed by atoms with Crippen LogP contribution in [0, 0.1) is 0 Å². The molecule has 0 saturated carbocycles. The normalized spacial score (nSPS) is 17.0. The smallest absolute Gasteiger partial charge is 0.277 e. The van der Waals surface area contributed by atoms with Crippen LogP contribution < -0.4 is 10.2 Å². The van der Waals surface area contributed by atoms with Gasteiger partial charge in [0.25, 0.3) is 11.8 Å². The molecule has 12 heteroatoms. The molecule has 47 heavy (non-hydrogen) atoms. The van der Waals surface area contributed by atoms with Crippen LogP contribution in [0.2, 0.25) is 0 Å². The van der Waals surface area contributed by atoms with Gasteiger partial charge < -0.3 is 20.0 Å². The van der Waals surface area contributed by atoms with E-state index in [0.717, 1.165) is 58.6 Å². The highest BCUT2D eigenvalue weighted by atomic mass is 19.1. The average Bonchev–Trinajstić information content (AvgIpc) is 3.80.